The van der Waals surface area contributed by atoms with E-state index in [2.05, 4.69) is 17.3 Å². The third-order valence-electron chi connectivity index (χ3n) is 19.2. The molecule has 1 unspecified atom stereocenters. The van der Waals surface area contributed by atoms with Crippen LogP contribution < -0.4 is 26.1 Å². The Kier molecular flexibility index (Phi) is 17.3. The van der Waals surface area contributed by atoms with Gasteiger partial charge in [0.2, 0.25) is 5.43 Å². The first kappa shape index (κ1) is 62.8. The van der Waals surface area contributed by atoms with Crippen molar-refractivity contribution in [2.45, 2.75) is 147 Å². The third kappa shape index (κ3) is 11.3. The number of amides is 1. The van der Waals surface area contributed by atoms with Crippen molar-refractivity contribution in [2.75, 3.05) is 50.6 Å². The summed E-state index contributed by atoms with van der Waals surface area (Å²) in [6.07, 6.45) is 10.7. The number of carboxylic acids is 1. The summed E-state index contributed by atoms with van der Waals surface area (Å²) < 4.78 is 41.6. The van der Waals surface area contributed by atoms with Crippen LogP contribution in [0.1, 0.15) is 124 Å². The Balaban J connectivity index is 0.932. The third-order valence-corrected chi connectivity index (χ3v) is 19.5. The maximum Gasteiger partial charge on any atom is 0.341 e. The van der Waals surface area contributed by atoms with Crippen LogP contribution in [0.2, 0.25) is 5.02 Å². The summed E-state index contributed by atoms with van der Waals surface area (Å²) in [6, 6.07) is -0.0212. The molecule has 5 aliphatic heterocycles. The van der Waals surface area contributed by atoms with Crippen molar-refractivity contribution in [1.82, 2.24) is 14.5 Å². The molecule has 10 atom stereocenters. The zero-order valence-corrected chi connectivity index (χ0v) is 50.9. The molecule has 1 aromatic heterocycles. The number of pyridine rings is 1. The molecule has 3 aromatic carbocycles. The van der Waals surface area contributed by atoms with Crippen LogP contribution >= 0.6 is 11.6 Å². The lowest BCUT2D eigenvalue weighted by molar-refractivity contribution is -0.156. The van der Waals surface area contributed by atoms with Crippen LogP contribution in [-0.4, -0.2) is 163 Å². The molecule has 22 nitrogen and oxygen atoms in total. The zero-order valence-electron chi connectivity index (χ0n) is 50.2. The van der Waals surface area contributed by atoms with Crippen molar-refractivity contribution in [3.63, 3.8) is 0 Å². The monoisotopic (exact) mass is 1230 g/mol. The number of rotatable bonds is 10. The first-order chi connectivity index (χ1) is 41.2. The second kappa shape index (κ2) is 24.0. The van der Waals surface area contributed by atoms with E-state index in [4.69, 9.17) is 41.4 Å². The molecule has 2 saturated heterocycles. The number of nitrogens with two attached hydrogens (primary N) is 1. The molecule has 7 aliphatic rings. The van der Waals surface area contributed by atoms with Gasteiger partial charge >= 0.3 is 17.7 Å². The van der Waals surface area contributed by atoms with Crippen molar-refractivity contribution < 1.29 is 73.2 Å². The number of aliphatic hydroxyl groups excluding tert-OH is 2. The van der Waals surface area contributed by atoms with Crippen LogP contribution in [0, 0.1) is 36.4 Å². The molecular weight excluding hydrogens is 1150 g/mol. The van der Waals surface area contributed by atoms with Crippen molar-refractivity contribution in [3.8, 4) is 23.0 Å². The van der Waals surface area contributed by atoms with E-state index in [1.54, 1.807) is 36.4 Å². The molecule has 4 aromatic rings. The zero-order chi connectivity index (χ0) is 63.0. The number of hydrazone groups is 1. The number of phenols is 3. The lowest BCUT2D eigenvalue weighted by atomic mass is 9.81. The van der Waals surface area contributed by atoms with Crippen LogP contribution in [0.15, 0.2) is 58.3 Å². The number of piperidine rings is 1. The van der Waals surface area contributed by atoms with E-state index in [-0.39, 0.29) is 84.1 Å². The number of aromatic carboxylic acids is 1. The van der Waals surface area contributed by atoms with Gasteiger partial charge in [0.1, 0.15) is 34.7 Å². The summed E-state index contributed by atoms with van der Waals surface area (Å²) in [7, 11) is 3.50. The maximum atomic E-state index is 16.2. The SMILES string of the molecule is CO[C@H]1/C=C/O[C@@]2(C)Oc3c(C)c(O)c4c(O)c(c(/C=N/N5CCC(N(C)C6(C7CCN(c8c(F)cc9c(=O)c(C(=O)O)cn(C%10CC%10)c9c8Cl)C7)CC6)CC5)c(O)c4c3C2=O)NC(=O)/C(C)=C\C=C\[C@H](C)[C@H](O)[C@@H](C)[C@@H](O)[C@@H](N)[C@H](OC(C)=O)[C@@H]1C. The van der Waals surface area contributed by atoms with E-state index >= 15 is 4.39 Å². The van der Waals surface area contributed by atoms with Crippen molar-refractivity contribution in [3.05, 3.63) is 91.7 Å². The van der Waals surface area contributed by atoms with Gasteiger partial charge in [0, 0.05) is 105 Å². The number of allylic oxidation sites excluding steroid dienone is 2. The molecule has 11 rings (SSSR count). The lowest BCUT2D eigenvalue weighted by Crippen LogP contribution is -2.55. The number of aliphatic hydroxyl groups is 2. The number of aromatic hydroxyl groups is 3. The highest BCUT2D eigenvalue weighted by Gasteiger charge is 2.56. The predicted molar refractivity (Wildman–Crippen MR) is 323 cm³/mol. The number of hydrogen-bond donors (Lipinski definition) is 8. The Morgan fingerprint density at radius 3 is 2.29 bits per heavy atom. The topological polar surface area (TPSA) is 309 Å². The van der Waals surface area contributed by atoms with Crippen molar-refractivity contribution in [2.24, 2.45) is 34.5 Å². The quantitative estimate of drug-likeness (QED) is 0.0332. The summed E-state index contributed by atoms with van der Waals surface area (Å²) >= 11 is 7.06. The van der Waals surface area contributed by atoms with Gasteiger partial charge < -0.3 is 70.1 Å². The molecule has 9 N–H and O–H groups in total. The molecule has 1 amide bonds. The first-order valence-electron chi connectivity index (χ1n) is 29.6. The molecule has 4 fully saturated rings. The molecule has 0 spiro atoms. The van der Waals surface area contributed by atoms with Crippen LogP contribution in [0.4, 0.5) is 15.8 Å². The molecule has 87 heavy (non-hydrogen) atoms. The van der Waals surface area contributed by atoms with Crippen LogP contribution in [0.25, 0.3) is 21.7 Å². The van der Waals surface area contributed by atoms with E-state index in [1.165, 1.54) is 65.4 Å². The average Bonchev–Trinajstić information content (AvgIpc) is 1.69. The standard InChI is InChI=1S/C63H77ClFN7O15/c1-29-11-10-12-30(2)60(81)68-48-39(55(78)43-44(56(48)79)52(75)33(5)57-45(43)59(80)62(7,87-57)85-24-18-42(84-9)31(3)58(86-34(6)73)47(66)53(76)32(4)51(29)74)26-67-71-22-16-36(17-23-71)69(8)63(19-20-63)35-15-21-70(27-35)50-41(65)25-38-49(46(50)64)72(37-13-14-37)28-40(54(38)77)61(82)83/h10-12,18,24-26,28-29,31-32,35-37,42,47,51,53,58,74-76,78-79H,13-17,19-23,27,66H2,1-9H3,(H,68,81)(H,82,83)/b11-10+,24-18+,30-12-,67-26+/t29-,31+,32+,35?,42-,47+,51-,53+,58+,62-/m0/s1. The molecule has 5 bridgehead atoms. The highest BCUT2D eigenvalue weighted by atomic mass is 35.5. The lowest BCUT2D eigenvalue weighted by Gasteiger charge is -2.42. The van der Waals surface area contributed by atoms with Gasteiger partial charge in [-0.2, -0.15) is 5.10 Å². The van der Waals surface area contributed by atoms with Crippen LogP contribution in [0.5, 0.6) is 23.0 Å². The number of hydrogen-bond acceptors (Lipinski definition) is 19. The maximum absolute atomic E-state index is 16.2. The molecule has 6 heterocycles. The summed E-state index contributed by atoms with van der Waals surface area (Å²) in [5.41, 5.74) is 5.11. The Bertz CT molecular complexity index is 3650. The average molecular weight is 1230 g/mol. The fraction of sp³-hybridized carbons (Fsp3) is 0.524. The summed E-state index contributed by atoms with van der Waals surface area (Å²) in [6.45, 7) is 12.4. The van der Waals surface area contributed by atoms with Gasteiger partial charge in [-0.15, -0.1) is 0 Å². The highest BCUT2D eigenvalue weighted by Crippen LogP contribution is 2.56. The number of methoxy groups -OCH3 is 1. The predicted octanol–water partition coefficient (Wildman–Crippen LogP) is 7.38. The molecular formula is C63H77ClFN7O15. The number of anilines is 2. The number of carboxylic acid groups (broad SMARTS) is 1. The van der Waals surface area contributed by atoms with Gasteiger partial charge in [0.25, 0.3) is 11.7 Å². The minimum absolute atomic E-state index is 0.00234. The number of phenolic OH excluding ortho intramolecular Hbond substituents is 3. The summed E-state index contributed by atoms with van der Waals surface area (Å²) in [5, 5.41) is 78.1. The minimum atomic E-state index is -2.14. The van der Waals surface area contributed by atoms with Gasteiger partial charge in [0.15, 0.2) is 5.75 Å². The van der Waals surface area contributed by atoms with E-state index in [0.29, 0.717) is 44.5 Å². The number of Topliss-reactive ketones (excluding diaryl/α,β-unsaturated/α-hetero) is 1. The van der Waals surface area contributed by atoms with Gasteiger partial charge in [-0.3, -0.25) is 29.1 Å². The fourth-order valence-electron chi connectivity index (χ4n) is 13.5. The number of fused-ring (bicyclic) bond motifs is 15. The fourth-order valence-corrected chi connectivity index (χ4v) is 13.9. The summed E-state index contributed by atoms with van der Waals surface area (Å²) in [5.74, 6) is -10.6. The van der Waals surface area contributed by atoms with Gasteiger partial charge in [-0.25, -0.2) is 9.18 Å². The molecule has 468 valence electrons. The normalized spacial score (nSPS) is 29.6. The number of ether oxygens (including phenoxy) is 4. The first-order valence-corrected chi connectivity index (χ1v) is 29.9. The summed E-state index contributed by atoms with van der Waals surface area (Å²) in [4.78, 5) is 71.1. The molecule has 2 aliphatic carbocycles. The van der Waals surface area contributed by atoms with Crippen LogP contribution in [0.3, 0.4) is 0 Å². The number of esters is 1. The Morgan fingerprint density at radius 2 is 1.66 bits per heavy atom. The number of carbonyl (C=O) groups excluding carboxylic acids is 3. The van der Waals surface area contributed by atoms with Crippen LogP contribution in [-0.2, 0) is 23.8 Å². The van der Waals surface area contributed by atoms with Gasteiger partial charge in [-0.05, 0) is 83.9 Å². The van der Waals surface area contributed by atoms with Crippen molar-refractivity contribution in [1.29, 1.82) is 0 Å². The van der Waals surface area contributed by atoms with E-state index in [0.717, 1.165) is 44.4 Å². The Morgan fingerprint density at radius 1 is 0.966 bits per heavy atom. The smallest absolute Gasteiger partial charge is 0.341 e. The number of nitrogens with one attached hydrogen (secondary N) is 1. The number of ketones is 1. The Labute approximate surface area is 507 Å². The molecule has 24 heteroatoms. The number of nitrogens with zero attached hydrogens (tertiary/aromatic N) is 5. The van der Waals surface area contributed by atoms with E-state index < -0.39 is 112 Å². The van der Waals surface area contributed by atoms with E-state index in [1.807, 2.05) is 4.90 Å². The largest absolute Gasteiger partial charge is 0.507 e. The second-order valence-corrected chi connectivity index (χ2v) is 25.0. The number of aromatic nitrogens is 1. The Hall–Kier alpha value is -7.28. The molecule has 0 radical (unpaired) electrons. The van der Waals surface area contributed by atoms with Gasteiger partial charge in [-0.1, -0.05) is 50.6 Å². The minimum Gasteiger partial charge on any atom is -0.507 e. The number of halogens is 2. The van der Waals surface area contributed by atoms with Gasteiger partial charge in [0.05, 0.1) is 80.6 Å². The number of carbonyl (C=O) groups is 4. The van der Waals surface area contributed by atoms with E-state index in [9.17, 15) is 54.6 Å². The van der Waals surface area contributed by atoms with Crippen molar-refractivity contribution >= 4 is 74.5 Å². The molecule has 2 saturated carbocycles. The number of benzene rings is 3. The highest BCUT2D eigenvalue weighted by molar-refractivity contribution is 6.38. The second-order valence-electron chi connectivity index (χ2n) is 24.6.